The Hall–Kier alpha value is -0.240. The molecule has 0 aromatic rings. The van der Waals surface area contributed by atoms with Crippen molar-refractivity contribution < 1.29 is 4.79 Å². The van der Waals surface area contributed by atoms with E-state index in [1.54, 1.807) is 0 Å². The SMILES string of the molecule is CCCCN(CCCl)C(=O)C1CCC(C(C)(C)C)CC1. The first-order chi connectivity index (χ1) is 9.40. The molecule has 0 aromatic carbocycles. The largest absolute Gasteiger partial charge is 0.341 e. The number of hydrogen-bond acceptors (Lipinski definition) is 1. The third-order valence-electron chi connectivity index (χ3n) is 4.75. The van der Waals surface area contributed by atoms with Gasteiger partial charge >= 0.3 is 0 Å². The van der Waals surface area contributed by atoms with Gasteiger partial charge in [-0.25, -0.2) is 0 Å². The van der Waals surface area contributed by atoms with Crippen molar-refractivity contribution in [3.63, 3.8) is 0 Å². The third kappa shape index (κ3) is 5.27. The molecule has 0 heterocycles. The number of nitrogens with zero attached hydrogens (tertiary/aromatic N) is 1. The van der Waals surface area contributed by atoms with E-state index in [4.69, 9.17) is 11.6 Å². The zero-order valence-corrected chi connectivity index (χ0v) is 14.5. The van der Waals surface area contributed by atoms with Crippen LogP contribution in [0.2, 0.25) is 0 Å². The molecule has 118 valence electrons. The maximum Gasteiger partial charge on any atom is 0.225 e. The number of halogens is 1. The van der Waals surface area contributed by atoms with Crippen molar-refractivity contribution in [2.45, 2.75) is 66.2 Å². The molecule has 0 aromatic heterocycles. The highest BCUT2D eigenvalue weighted by Crippen LogP contribution is 2.40. The standard InChI is InChI=1S/C17H32ClNO/c1-5-6-12-19(13-11-18)16(20)14-7-9-15(10-8-14)17(2,3)4/h14-15H,5-13H2,1-4H3. The van der Waals surface area contributed by atoms with Gasteiger partial charge in [-0.1, -0.05) is 34.1 Å². The van der Waals surface area contributed by atoms with Gasteiger partial charge in [0.05, 0.1) is 0 Å². The van der Waals surface area contributed by atoms with E-state index in [2.05, 4.69) is 27.7 Å². The molecule has 1 saturated carbocycles. The molecule has 1 aliphatic rings. The first kappa shape index (κ1) is 17.8. The first-order valence-corrected chi connectivity index (χ1v) is 8.78. The van der Waals surface area contributed by atoms with Gasteiger partial charge in [0.25, 0.3) is 0 Å². The van der Waals surface area contributed by atoms with Crippen molar-refractivity contribution in [3.05, 3.63) is 0 Å². The van der Waals surface area contributed by atoms with Crippen molar-refractivity contribution >= 4 is 17.5 Å². The van der Waals surface area contributed by atoms with Gasteiger partial charge in [-0.15, -0.1) is 11.6 Å². The number of hydrogen-bond donors (Lipinski definition) is 0. The second kappa shape index (κ2) is 8.26. The lowest BCUT2D eigenvalue weighted by molar-refractivity contribution is -0.137. The predicted octanol–water partition coefficient (Wildman–Crippen LogP) is 4.71. The topological polar surface area (TPSA) is 20.3 Å². The molecule has 0 saturated heterocycles. The van der Waals surface area contributed by atoms with E-state index >= 15 is 0 Å². The molecular weight excluding hydrogens is 270 g/mol. The van der Waals surface area contributed by atoms with Crippen LogP contribution in [0.5, 0.6) is 0 Å². The molecule has 0 aliphatic heterocycles. The van der Waals surface area contributed by atoms with Crippen LogP contribution in [0.15, 0.2) is 0 Å². The van der Waals surface area contributed by atoms with Gasteiger partial charge in [0.2, 0.25) is 5.91 Å². The number of unbranched alkanes of at least 4 members (excludes halogenated alkanes) is 1. The summed E-state index contributed by atoms with van der Waals surface area (Å²) in [4.78, 5) is 14.6. The van der Waals surface area contributed by atoms with Gasteiger partial charge in [0.15, 0.2) is 0 Å². The Bertz CT molecular complexity index is 290. The van der Waals surface area contributed by atoms with Crippen LogP contribution in [0.25, 0.3) is 0 Å². The highest BCUT2D eigenvalue weighted by atomic mass is 35.5. The van der Waals surface area contributed by atoms with Crippen molar-refractivity contribution in [2.24, 2.45) is 17.3 Å². The van der Waals surface area contributed by atoms with E-state index in [-0.39, 0.29) is 5.92 Å². The number of carbonyl (C=O) groups excluding carboxylic acids is 1. The van der Waals surface area contributed by atoms with Gasteiger partial charge in [-0.3, -0.25) is 4.79 Å². The fourth-order valence-electron chi connectivity index (χ4n) is 3.25. The van der Waals surface area contributed by atoms with Crippen molar-refractivity contribution in [1.29, 1.82) is 0 Å². The van der Waals surface area contributed by atoms with E-state index in [0.29, 0.717) is 23.7 Å². The molecule has 0 atom stereocenters. The average Bonchev–Trinajstić information content (AvgIpc) is 2.42. The molecular formula is C17H32ClNO. The Morgan fingerprint density at radius 3 is 2.20 bits per heavy atom. The number of rotatable bonds is 6. The molecule has 3 heteroatoms. The zero-order chi connectivity index (χ0) is 15.2. The number of amides is 1. The summed E-state index contributed by atoms with van der Waals surface area (Å²) in [6.07, 6.45) is 6.73. The van der Waals surface area contributed by atoms with Crippen LogP contribution in [0.4, 0.5) is 0 Å². The predicted molar refractivity (Wildman–Crippen MR) is 87.1 cm³/mol. The monoisotopic (exact) mass is 301 g/mol. The van der Waals surface area contributed by atoms with E-state index in [1.807, 2.05) is 4.90 Å². The summed E-state index contributed by atoms with van der Waals surface area (Å²) >= 11 is 5.85. The van der Waals surface area contributed by atoms with E-state index < -0.39 is 0 Å². The molecule has 1 aliphatic carbocycles. The van der Waals surface area contributed by atoms with Crippen molar-refractivity contribution in [2.75, 3.05) is 19.0 Å². The zero-order valence-electron chi connectivity index (χ0n) is 13.8. The minimum absolute atomic E-state index is 0.244. The molecule has 1 amide bonds. The Kier molecular flexibility index (Phi) is 7.36. The van der Waals surface area contributed by atoms with Crippen LogP contribution in [0.1, 0.15) is 66.2 Å². The molecule has 0 spiro atoms. The summed E-state index contributed by atoms with van der Waals surface area (Å²) in [5.41, 5.74) is 0.381. The fraction of sp³-hybridized carbons (Fsp3) is 0.941. The quantitative estimate of drug-likeness (QED) is 0.651. The summed E-state index contributed by atoms with van der Waals surface area (Å²) in [5, 5.41) is 0. The minimum Gasteiger partial charge on any atom is -0.341 e. The van der Waals surface area contributed by atoms with E-state index in [9.17, 15) is 4.79 Å². The maximum atomic E-state index is 12.6. The lowest BCUT2D eigenvalue weighted by Crippen LogP contribution is -2.40. The normalized spacial score (nSPS) is 23.6. The minimum atomic E-state index is 0.244. The number of alkyl halides is 1. The molecule has 1 fully saturated rings. The van der Waals surface area contributed by atoms with E-state index in [1.165, 1.54) is 12.8 Å². The van der Waals surface area contributed by atoms with Crippen LogP contribution in [-0.2, 0) is 4.79 Å². The Morgan fingerprint density at radius 1 is 1.15 bits per heavy atom. The molecule has 0 bridgehead atoms. The second-order valence-corrected chi connectivity index (χ2v) is 7.66. The summed E-state index contributed by atoms with van der Waals surface area (Å²) in [5.74, 6) is 1.91. The summed E-state index contributed by atoms with van der Waals surface area (Å²) in [6, 6.07) is 0. The van der Waals surface area contributed by atoms with Gasteiger partial charge in [-0.05, 0) is 43.4 Å². The number of carbonyl (C=O) groups is 1. The molecule has 0 radical (unpaired) electrons. The van der Waals surface area contributed by atoms with Crippen molar-refractivity contribution in [3.8, 4) is 0 Å². The summed E-state index contributed by atoms with van der Waals surface area (Å²) in [6.45, 7) is 10.7. The van der Waals surface area contributed by atoms with Crippen LogP contribution < -0.4 is 0 Å². The molecule has 0 unspecified atom stereocenters. The second-order valence-electron chi connectivity index (χ2n) is 7.28. The lowest BCUT2D eigenvalue weighted by atomic mass is 9.69. The lowest BCUT2D eigenvalue weighted by Gasteiger charge is -2.38. The van der Waals surface area contributed by atoms with Crippen LogP contribution in [0, 0.1) is 17.3 Å². The highest BCUT2D eigenvalue weighted by molar-refractivity contribution is 6.18. The van der Waals surface area contributed by atoms with Crippen molar-refractivity contribution in [1.82, 2.24) is 4.90 Å². The fourth-order valence-corrected chi connectivity index (χ4v) is 3.45. The smallest absolute Gasteiger partial charge is 0.225 e. The molecule has 1 rings (SSSR count). The molecule has 20 heavy (non-hydrogen) atoms. The van der Waals surface area contributed by atoms with Gasteiger partial charge in [0.1, 0.15) is 0 Å². The first-order valence-electron chi connectivity index (χ1n) is 8.24. The summed E-state index contributed by atoms with van der Waals surface area (Å²) < 4.78 is 0. The Labute approximate surface area is 130 Å². The van der Waals surface area contributed by atoms with Gasteiger partial charge in [-0.2, -0.15) is 0 Å². The van der Waals surface area contributed by atoms with Crippen LogP contribution >= 0.6 is 11.6 Å². The summed E-state index contributed by atoms with van der Waals surface area (Å²) in [7, 11) is 0. The molecule has 0 N–H and O–H groups in total. The van der Waals surface area contributed by atoms with Gasteiger partial charge < -0.3 is 4.90 Å². The van der Waals surface area contributed by atoms with Crippen LogP contribution in [0.3, 0.4) is 0 Å². The Morgan fingerprint density at radius 2 is 1.75 bits per heavy atom. The third-order valence-corrected chi connectivity index (χ3v) is 4.92. The average molecular weight is 302 g/mol. The van der Waals surface area contributed by atoms with Crippen LogP contribution in [-0.4, -0.2) is 29.8 Å². The highest BCUT2D eigenvalue weighted by Gasteiger charge is 2.33. The van der Waals surface area contributed by atoms with E-state index in [0.717, 1.165) is 38.1 Å². The Balaban J connectivity index is 2.51. The maximum absolute atomic E-state index is 12.6. The molecule has 2 nitrogen and oxygen atoms in total. The van der Waals surface area contributed by atoms with Gasteiger partial charge in [0, 0.05) is 24.9 Å².